The Morgan fingerprint density at radius 2 is 2.17 bits per heavy atom. The van der Waals surface area contributed by atoms with Crippen LogP contribution in [-0.4, -0.2) is 52.4 Å². The first-order valence-corrected chi connectivity index (χ1v) is 12.9. The Morgan fingerprint density at radius 3 is 2.86 bits per heavy atom. The molecule has 35 heavy (non-hydrogen) atoms. The van der Waals surface area contributed by atoms with Gasteiger partial charge in [-0.25, -0.2) is 9.78 Å². The van der Waals surface area contributed by atoms with Gasteiger partial charge in [0.15, 0.2) is 5.56 Å². The maximum atomic E-state index is 12.7. The van der Waals surface area contributed by atoms with Crippen molar-refractivity contribution in [2.45, 2.75) is 45.1 Å². The number of carbonyl (C=O) groups is 1. The molecule has 1 saturated carbocycles. The fraction of sp³-hybridized carbons (Fsp3) is 0.520. The van der Waals surface area contributed by atoms with Crippen LogP contribution in [0.2, 0.25) is 0 Å². The molecular formula is C25H30N4O5S. The number of benzene rings is 1. The van der Waals surface area contributed by atoms with Crippen LogP contribution in [-0.2, 0) is 4.74 Å². The first-order chi connectivity index (χ1) is 16.9. The van der Waals surface area contributed by atoms with Crippen molar-refractivity contribution in [1.82, 2.24) is 9.55 Å². The number of aromatic nitrogens is 2. The number of aliphatic hydroxyl groups excluding tert-OH is 1. The Labute approximate surface area is 207 Å². The van der Waals surface area contributed by atoms with Gasteiger partial charge in [-0.15, -0.1) is 11.3 Å². The third kappa shape index (κ3) is 4.29. The lowest BCUT2D eigenvalue weighted by molar-refractivity contribution is -0.384. The lowest BCUT2D eigenvalue weighted by atomic mass is 9.87. The van der Waals surface area contributed by atoms with Crippen molar-refractivity contribution in [3.8, 4) is 10.4 Å². The Hall–Kier alpha value is -2.98. The van der Waals surface area contributed by atoms with Crippen molar-refractivity contribution in [3.63, 3.8) is 0 Å². The molecule has 5 rings (SSSR count). The number of aliphatic hydroxyl groups is 1. The minimum Gasteiger partial charge on any atom is -0.465 e. The van der Waals surface area contributed by atoms with Crippen molar-refractivity contribution in [1.29, 1.82) is 0 Å². The average molecular weight is 499 g/mol. The highest BCUT2D eigenvalue weighted by Gasteiger charge is 2.37. The number of esters is 1. The largest absolute Gasteiger partial charge is 0.465 e. The Morgan fingerprint density at radius 1 is 1.34 bits per heavy atom. The third-order valence-corrected chi connectivity index (χ3v) is 8.70. The summed E-state index contributed by atoms with van der Waals surface area (Å²) in [6.45, 7) is 3.50. The number of fused-ring (bicyclic) bond motifs is 1. The zero-order chi connectivity index (χ0) is 24.7. The molecule has 2 aromatic heterocycles. The van der Waals surface area contributed by atoms with Crippen molar-refractivity contribution < 1.29 is 19.6 Å². The number of carbonyl (C=O) groups excluding carboxylic acids is 1. The van der Waals surface area contributed by atoms with Crippen LogP contribution in [0.4, 0.5) is 10.7 Å². The molecule has 9 nitrogen and oxygen atoms in total. The summed E-state index contributed by atoms with van der Waals surface area (Å²) in [5.74, 6) is 0.0387. The number of thiophene rings is 1. The van der Waals surface area contributed by atoms with Crippen LogP contribution < -0.4 is 4.90 Å². The first-order valence-electron chi connectivity index (χ1n) is 12.1. The van der Waals surface area contributed by atoms with E-state index in [0.717, 1.165) is 30.3 Å². The summed E-state index contributed by atoms with van der Waals surface area (Å²) < 4.78 is 7.19. The molecule has 1 aliphatic carbocycles. The third-order valence-electron chi connectivity index (χ3n) is 7.41. The van der Waals surface area contributed by atoms with Gasteiger partial charge in [0.25, 0.3) is 0 Å². The van der Waals surface area contributed by atoms with Crippen LogP contribution in [0, 0.1) is 22.0 Å². The molecule has 0 radical (unpaired) electrons. The molecule has 2 unspecified atom stereocenters. The van der Waals surface area contributed by atoms with E-state index >= 15 is 0 Å². The van der Waals surface area contributed by atoms with Gasteiger partial charge in [-0.1, -0.05) is 25.8 Å². The van der Waals surface area contributed by atoms with E-state index in [2.05, 4.69) is 16.5 Å². The fourth-order valence-corrected chi connectivity index (χ4v) is 6.86. The maximum Gasteiger partial charge on any atom is 0.347 e. The van der Waals surface area contributed by atoms with Gasteiger partial charge in [-0.3, -0.25) is 10.1 Å². The molecule has 1 aromatic carbocycles. The van der Waals surface area contributed by atoms with Crippen LogP contribution in [0.25, 0.3) is 21.5 Å². The smallest absolute Gasteiger partial charge is 0.347 e. The summed E-state index contributed by atoms with van der Waals surface area (Å²) in [6.07, 6.45) is 7.37. The molecule has 0 bridgehead atoms. The van der Waals surface area contributed by atoms with E-state index in [0.29, 0.717) is 40.5 Å². The molecule has 1 saturated heterocycles. The SMILES string of the molecule is COC(=O)c1c(N2CC[C@H](CO)C2)sc(-c2ccc3c(c2)ncn3C2CCCC(C)C2)c1[N+](=O)[O-]. The van der Waals surface area contributed by atoms with Gasteiger partial charge in [0.1, 0.15) is 9.88 Å². The first kappa shape index (κ1) is 23.7. The zero-order valence-corrected chi connectivity index (χ0v) is 20.8. The van der Waals surface area contributed by atoms with Crippen LogP contribution >= 0.6 is 11.3 Å². The number of nitrogens with zero attached hydrogens (tertiary/aromatic N) is 4. The Bertz CT molecular complexity index is 1270. The normalized spacial score (nSPS) is 22.6. The highest BCUT2D eigenvalue weighted by atomic mass is 32.1. The van der Waals surface area contributed by atoms with Gasteiger partial charge in [0.05, 0.1) is 29.4 Å². The summed E-state index contributed by atoms with van der Waals surface area (Å²) in [6, 6.07) is 6.16. The molecule has 0 spiro atoms. The van der Waals surface area contributed by atoms with E-state index in [4.69, 9.17) is 4.74 Å². The molecule has 186 valence electrons. The highest BCUT2D eigenvalue weighted by molar-refractivity contribution is 7.20. The average Bonchev–Trinajstić information content (AvgIpc) is 3.59. The molecule has 10 heteroatoms. The van der Waals surface area contributed by atoms with Gasteiger partial charge in [-0.2, -0.15) is 0 Å². The lowest BCUT2D eigenvalue weighted by Gasteiger charge is -2.28. The minimum absolute atomic E-state index is 0.0158. The molecule has 3 atom stereocenters. The van der Waals surface area contributed by atoms with Crippen molar-refractivity contribution in [2.24, 2.45) is 11.8 Å². The quantitative estimate of drug-likeness (QED) is 0.288. The number of hydrogen-bond acceptors (Lipinski definition) is 8. The van der Waals surface area contributed by atoms with Gasteiger partial charge in [-0.05, 0) is 37.3 Å². The number of imidazole rings is 1. The molecule has 3 aromatic rings. The van der Waals surface area contributed by atoms with Crippen LogP contribution in [0.5, 0.6) is 0 Å². The van der Waals surface area contributed by atoms with Gasteiger partial charge < -0.3 is 19.3 Å². The van der Waals surface area contributed by atoms with Crippen molar-refractivity contribution in [2.75, 3.05) is 31.7 Å². The number of methoxy groups -OCH3 is 1. The van der Waals surface area contributed by atoms with Crippen molar-refractivity contribution in [3.05, 3.63) is 40.2 Å². The molecule has 0 amide bonds. The monoisotopic (exact) mass is 498 g/mol. The zero-order valence-electron chi connectivity index (χ0n) is 20.0. The van der Waals surface area contributed by atoms with E-state index < -0.39 is 10.9 Å². The molecule has 3 heterocycles. The summed E-state index contributed by atoms with van der Waals surface area (Å²) in [5, 5.41) is 22.3. The summed E-state index contributed by atoms with van der Waals surface area (Å²) in [5.41, 5.74) is 2.21. The van der Waals surface area contributed by atoms with E-state index in [9.17, 15) is 20.0 Å². The lowest BCUT2D eigenvalue weighted by Crippen LogP contribution is -2.22. The molecular weight excluding hydrogens is 468 g/mol. The maximum absolute atomic E-state index is 12.7. The van der Waals surface area contributed by atoms with Crippen LogP contribution in [0.1, 0.15) is 55.4 Å². The van der Waals surface area contributed by atoms with Gasteiger partial charge in [0, 0.05) is 37.2 Å². The summed E-state index contributed by atoms with van der Waals surface area (Å²) >= 11 is 1.23. The topological polar surface area (TPSA) is 111 Å². The van der Waals surface area contributed by atoms with E-state index in [1.807, 2.05) is 29.4 Å². The Balaban J connectivity index is 1.59. The minimum atomic E-state index is -0.724. The van der Waals surface area contributed by atoms with Crippen LogP contribution in [0.3, 0.4) is 0 Å². The van der Waals surface area contributed by atoms with Gasteiger partial charge in [0.2, 0.25) is 0 Å². The van der Waals surface area contributed by atoms with E-state index in [-0.39, 0.29) is 23.8 Å². The fourth-order valence-electron chi connectivity index (χ4n) is 5.57. The second-order valence-corrected chi connectivity index (χ2v) is 10.8. The molecule has 1 N–H and O–H groups in total. The number of nitro groups is 1. The number of rotatable bonds is 6. The summed E-state index contributed by atoms with van der Waals surface area (Å²) in [4.78, 5) is 31.4. The molecule has 2 aliphatic rings. The highest BCUT2D eigenvalue weighted by Crippen LogP contribution is 2.49. The molecule has 2 fully saturated rings. The predicted molar refractivity (Wildman–Crippen MR) is 135 cm³/mol. The van der Waals surface area contributed by atoms with E-state index in [1.54, 1.807) is 0 Å². The second-order valence-electron chi connectivity index (χ2n) is 9.77. The summed E-state index contributed by atoms with van der Waals surface area (Å²) in [7, 11) is 1.23. The number of ether oxygens (including phenoxy) is 1. The second kappa shape index (κ2) is 9.58. The van der Waals surface area contributed by atoms with Crippen molar-refractivity contribution >= 4 is 39.0 Å². The standard InChI is InChI=1S/C25H30N4O5S/c1-15-4-3-5-18(10-15)28-14-26-19-11-17(6-7-20(19)28)23-22(29(32)33)21(25(31)34-2)24(35-23)27-9-8-16(12-27)13-30/h6-7,11,14-16,18,30H,3-5,8-10,12-13H2,1-2H3/t15?,16-,18?/m0/s1. The number of anilines is 1. The van der Waals surface area contributed by atoms with Gasteiger partial charge >= 0.3 is 11.7 Å². The number of hydrogen-bond donors (Lipinski definition) is 1. The van der Waals surface area contributed by atoms with Crippen LogP contribution in [0.15, 0.2) is 24.5 Å². The Kier molecular flexibility index (Phi) is 6.50. The predicted octanol–water partition coefficient (Wildman–Crippen LogP) is 5.03. The van der Waals surface area contributed by atoms with E-state index in [1.165, 1.54) is 31.3 Å². The molecule has 1 aliphatic heterocycles.